The summed E-state index contributed by atoms with van der Waals surface area (Å²) in [6, 6.07) is 6.61. The van der Waals surface area contributed by atoms with Gasteiger partial charge >= 0.3 is 0 Å². The molecule has 0 spiro atoms. The van der Waals surface area contributed by atoms with E-state index < -0.39 is 0 Å². The summed E-state index contributed by atoms with van der Waals surface area (Å²) in [6.45, 7) is 0. The number of halogens is 3. The lowest BCUT2D eigenvalue weighted by Crippen LogP contribution is -2.01. The lowest BCUT2D eigenvalue weighted by Gasteiger charge is -2.11. The molecule has 0 saturated heterocycles. The Morgan fingerprint density at radius 1 is 1.32 bits per heavy atom. The largest absolute Gasteiger partial charge is 0.481 e. The third-order valence-electron chi connectivity index (χ3n) is 2.59. The fourth-order valence-electron chi connectivity index (χ4n) is 1.65. The highest BCUT2D eigenvalue weighted by Crippen LogP contribution is 2.30. The normalized spacial score (nSPS) is 12.2. The first-order chi connectivity index (χ1) is 9.10. The summed E-state index contributed by atoms with van der Waals surface area (Å²) in [5, 5.41) is 0. The van der Waals surface area contributed by atoms with E-state index in [0.717, 1.165) is 10.2 Å². The smallest absolute Gasteiger partial charge is 0.216 e. The van der Waals surface area contributed by atoms with Crippen LogP contribution in [0, 0.1) is 5.82 Å². The number of nitrogens with zero attached hydrogens (tertiary/aromatic N) is 2. The van der Waals surface area contributed by atoms with Crippen LogP contribution < -0.4 is 4.74 Å². The van der Waals surface area contributed by atoms with Crippen molar-refractivity contribution < 1.29 is 9.13 Å². The summed E-state index contributed by atoms with van der Waals surface area (Å²) >= 11 is 6.83. The first-order valence-corrected chi connectivity index (χ1v) is 7.25. The van der Waals surface area contributed by atoms with Gasteiger partial charge in [-0.25, -0.2) is 14.4 Å². The average Bonchev–Trinajstić information content (AvgIpc) is 2.41. The predicted octanol–water partition coefficient (Wildman–Crippen LogP) is 4.07. The van der Waals surface area contributed by atoms with Gasteiger partial charge < -0.3 is 4.74 Å². The molecule has 100 valence electrons. The maximum atomic E-state index is 13.8. The SMILES string of the molecule is COc1cc(CC(Br)c2cc(Br)ccc2F)ncn1. The van der Waals surface area contributed by atoms with Crippen LogP contribution in [0.2, 0.25) is 0 Å². The molecule has 6 heteroatoms. The van der Waals surface area contributed by atoms with Crippen LogP contribution in [-0.2, 0) is 6.42 Å². The molecular weight excluding hydrogens is 379 g/mol. The Labute approximate surface area is 127 Å². The Morgan fingerprint density at radius 2 is 2.11 bits per heavy atom. The number of methoxy groups -OCH3 is 1. The second-order valence-electron chi connectivity index (χ2n) is 3.89. The molecule has 2 rings (SSSR count). The molecule has 2 aromatic rings. The molecule has 19 heavy (non-hydrogen) atoms. The molecule has 0 fully saturated rings. The van der Waals surface area contributed by atoms with Crippen LogP contribution in [0.1, 0.15) is 16.1 Å². The zero-order valence-corrected chi connectivity index (χ0v) is 13.3. The van der Waals surface area contributed by atoms with Crippen LogP contribution in [0.5, 0.6) is 5.88 Å². The Morgan fingerprint density at radius 3 is 2.84 bits per heavy atom. The molecule has 0 N–H and O–H groups in total. The second-order valence-corrected chi connectivity index (χ2v) is 5.91. The van der Waals surface area contributed by atoms with Crippen molar-refractivity contribution in [1.82, 2.24) is 9.97 Å². The Balaban J connectivity index is 2.20. The highest BCUT2D eigenvalue weighted by Gasteiger charge is 2.15. The summed E-state index contributed by atoms with van der Waals surface area (Å²) < 4.78 is 19.6. The quantitative estimate of drug-likeness (QED) is 0.739. The molecule has 0 aliphatic heterocycles. The number of alkyl halides is 1. The molecule has 3 nitrogen and oxygen atoms in total. The van der Waals surface area contributed by atoms with E-state index in [1.807, 2.05) is 0 Å². The number of benzene rings is 1. The van der Waals surface area contributed by atoms with Crippen LogP contribution in [0.25, 0.3) is 0 Å². The van der Waals surface area contributed by atoms with Crippen LogP contribution in [-0.4, -0.2) is 17.1 Å². The Hall–Kier alpha value is -1.01. The van der Waals surface area contributed by atoms with Gasteiger partial charge in [-0.2, -0.15) is 0 Å². The van der Waals surface area contributed by atoms with Gasteiger partial charge in [0, 0.05) is 33.0 Å². The monoisotopic (exact) mass is 388 g/mol. The molecule has 1 heterocycles. The van der Waals surface area contributed by atoms with E-state index in [4.69, 9.17) is 4.74 Å². The van der Waals surface area contributed by atoms with Gasteiger partial charge in [-0.1, -0.05) is 31.9 Å². The van der Waals surface area contributed by atoms with Gasteiger partial charge in [-0.15, -0.1) is 0 Å². The fraction of sp³-hybridized carbons (Fsp3) is 0.231. The standard InChI is InChI=1S/C13H11Br2FN2O/c1-19-13-6-9(17-7-18-13)5-11(15)10-4-8(14)2-3-12(10)16/h2-4,6-7,11H,5H2,1H3. The fourth-order valence-corrected chi connectivity index (χ4v) is 2.71. The molecular formula is C13H11Br2FN2O. The van der Waals surface area contributed by atoms with Crippen LogP contribution >= 0.6 is 31.9 Å². The molecule has 1 aromatic heterocycles. The van der Waals surface area contributed by atoms with Crippen LogP contribution in [0.4, 0.5) is 4.39 Å². The summed E-state index contributed by atoms with van der Waals surface area (Å²) in [6.07, 6.45) is 1.98. The molecule has 0 aliphatic rings. The molecule has 0 bridgehead atoms. The second kappa shape index (κ2) is 6.43. The lowest BCUT2D eigenvalue weighted by atomic mass is 10.1. The minimum atomic E-state index is -0.244. The van der Waals surface area contributed by atoms with Gasteiger partial charge in [0.25, 0.3) is 0 Å². The minimum absolute atomic E-state index is 0.162. The summed E-state index contributed by atoms with van der Waals surface area (Å²) in [4.78, 5) is 7.93. The topological polar surface area (TPSA) is 35.0 Å². The first-order valence-electron chi connectivity index (χ1n) is 5.54. The lowest BCUT2D eigenvalue weighted by molar-refractivity contribution is 0.396. The van der Waals surface area contributed by atoms with Gasteiger partial charge in [-0.3, -0.25) is 0 Å². The zero-order chi connectivity index (χ0) is 13.8. The Kier molecular flexibility index (Phi) is 4.87. The summed E-state index contributed by atoms with van der Waals surface area (Å²) in [5.41, 5.74) is 1.38. The van der Waals surface area contributed by atoms with Crippen molar-refractivity contribution >= 4 is 31.9 Å². The number of hydrogen-bond donors (Lipinski definition) is 0. The molecule has 1 aromatic carbocycles. The van der Waals surface area contributed by atoms with Crippen molar-refractivity contribution in [3.05, 3.63) is 52.1 Å². The van der Waals surface area contributed by atoms with Crippen molar-refractivity contribution in [2.75, 3.05) is 7.11 Å². The van der Waals surface area contributed by atoms with E-state index in [-0.39, 0.29) is 10.6 Å². The van der Waals surface area contributed by atoms with E-state index in [1.165, 1.54) is 12.4 Å². The number of ether oxygens (including phenoxy) is 1. The van der Waals surface area contributed by atoms with Gasteiger partial charge in [0.05, 0.1) is 7.11 Å². The van der Waals surface area contributed by atoms with Crippen molar-refractivity contribution in [2.24, 2.45) is 0 Å². The third-order valence-corrected chi connectivity index (χ3v) is 3.90. The van der Waals surface area contributed by atoms with Crippen molar-refractivity contribution in [1.29, 1.82) is 0 Å². The number of rotatable bonds is 4. The van der Waals surface area contributed by atoms with Crippen LogP contribution in [0.3, 0.4) is 0 Å². The van der Waals surface area contributed by atoms with E-state index in [0.29, 0.717) is 17.9 Å². The van der Waals surface area contributed by atoms with Crippen molar-refractivity contribution in [2.45, 2.75) is 11.2 Å². The predicted molar refractivity (Wildman–Crippen MR) is 78.1 cm³/mol. The van der Waals surface area contributed by atoms with Gasteiger partial charge in [0.15, 0.2) is 0 Å². The zero-order valence-electron chi connectivity index (χ0n) is 10.1. The van der Waals surface area contributed by atoms with E-state index in [1.54, 1.807) is 25.3 Å². The Bertz CT molecular complexity index is 580. The number of hydrogen-bond acceptors (Lipinski definition) is 3. The van der Waals surface area contributed by atoms with E-state index >= 15 is 0 Å². The molecule has 1 atom stereocenters. The molecule has 0 saturated carbocycles. The highest BCUT2D eigenvalue weighted by molar-refractivity contribution is 9.10. The number of aromatic nitrogens is 2. The first kappa shape index (κ1) is 14.4. The van der Waals surface area contributed by atoms with Crippen LogP contribution in [0.15, 0.2) is 35.1 Å². The summed E-state index contributed by atoms with van der Waals surface area (Å²) in [5.74, 6) is 0.255. The molecule has 1 unspecified atom stereocenters. The highest BCUT2D eigenvalue weighted by atomic mass is 79.9. The third kappa shape index (κ3) is 3.73. The molecule has 0 aliphatic carbocycles. The summed E-state index contributed by atoms with van der Waals surface area (Å²) in [7, 11) is 1.55. The maximum Gasteiger partial charge on any atom is 0.216 e. The van der Waals surface area contributed by atoms with Crippen molar-refractivity contribution in [3.63, 3.8) is 0 Å². The van der Waals surface area contributed by atoms with Gasteiger partial charge in [0.1, 0.15) is 12.1 Å². The minimum Gasteiger partial charge on any atom is -0.481 e. The van der Waals surface area contributed by atoms with Gasteiger partial charge in [-0.05, 0) is 18.2 Å². The van der Waals surface area contributed by atoms with E-state index in [2.05, 4.69) is 41.8 Å². The maximum absolute atomic E-state index is 13.8. The van der Waals surface area contributed by atoms with E-state index in [9.17, 15) is 4.39 Å². The molecule has 0 radical (unpaired) electrons. The van der Waals surface area contributed by atoms with Gasteiger partial charge in [0.2, 0.25) is 5.88 Å². The molecule has 0 amide bonds. The van der Waals surface area contributed by atoms with Crippen molar-refractivity contribution in [3.8, 4) is 5.88 Å². The average molecular weight is 390 g/mol.